The average molecular weight is 398 g/mol. The van der Waals surface area contributed by atoms with Gasteiger partial charge in [0.05, 0.1) is 62.4 Å². The number of imidazole rings is 1. The molecule has 1 atom stereocenters. The molecule has 1 aromatic carbocycles. The van der Waals surface area contributed by atoms with Gasteiger partial charge in [0.15, 0.2) is 19.4 Å². The number of nitrogens with zero attached hydrogens (tertiary/aromatic N) is 2. The van der Waals surface area contributed by atoms with Crippen molar-refractivity contribution in [3.8, 4) is 17.2 Å². The maximum atomic E-state index is 13.5. The first-order valence-corrected chi connectivity index (χ1v) is 7.42. The normalized spacial score (nSPS) is 22.6. The number of H-pyrrole nitrogens is 1. The number of alkyl halides is 2. The van der Waals surface area contributed by atoms with Gasteiger partial charge in [-0.25, -0.2) is 4.98 Å². The van der Waals surface area contributed by atoms with Crippen LogP contribution in [0.5, 0.6) is 17.2 Å². The summed E-state index contributed by atoms with van der Waals surface area (Å²) < 4.78 is 168. The molecule has 2 aromatic heterocycles. The molecule has 0 radical (unpaired) electrons. The van der Waals surface area contributed by atoms with Crippen molar-refractivity contribution >= 4 is 21.8 Å². The minimum absolute atomic E-state index is 0.0227. The van der Waals surface area contributed by atoms with Crippen LogP contribution in [0.3, 0.4) is 0 Å². The number of ether oxygens (including phenoxy) is 3. The van der Waals surface area contributed by atoms with E-state index in [1.54, 1.807) is 0 Å². The maximum absolute atomic E-state index is 13.5. The van der Waals surface area contributed by atoms with Crippen LogP contribution in [-0.2, 0) is 16.5 Å². The Balaban J connectivity index is 2.31. The van der Waals surface area contributed by atoms with Gasteiger partial charge in [-0.15, -0.1) is 0 Å². The van der Waals surface area contributed by atoms with E-state index in [1.165, 1.54) is 0 Å². The van der Waals surface area contributed by atoms with Crippen molar-refractivity contribution in [2.24, 2.45) is 0 Å². The summed E-state index contributed by atoms with van der Waals surface area (Å²) >= 11 is 0. The molecule has 3 rings (SSSR count). The number of benzene rings is 1. The lowest BCUT2D eigenvalue weighted by Crippen LogP contribution is -2.04. The van der Waals surface area contributed by atoms with Gasteiger partial charge >= 0.3 is 6.59 Å². The second-order valence-electron chi connectivity index (χ2n) is 4.17. The zero-order chi connectivity index (χ0) is 31.6. The number of hydrogen-bond acceptors (Lipinski definition) is 6. The standard InChI is InChI=1S/C16H15F2N3O4S/c1-23-13-5-6-19-12(14(13)24-2)8-26(22)16-20-10-4-3-9(25-15(17)18)7-11(10)21-16/h3-7,15H,8H2,1-2H3,(H,20,21)/i1D3,2D3,3D,4D,5D,6D,7D,8D2,15D/hD. The average Bonchev–Trinajstić information content (AvgIpc) is 3.14. The van der Waals surface area contributed by atoms with E-state index < -0.39 is 107 Å². The van der Waals surface area contributed by atoms with Crippen LogP contribution in [0.15, 0.2) is 35.5 Å². The van der Waals surface area contributed by atoms with Gasteiger partial charge < -0.3 is 19.2 Å². The van der Waals surface area contributed by atoms with Crippen molar-refractivity contribution in [1.29, 1.82) is 0 Å². The first kappa shape index (κ1) is 7.10. The van der Waals surface area contributed by atoms with Crippen LogP contribution in [0.4, 0.5) is 8.78 Å². The van der Waals surface area contributed by atoms with Crippen LogP contribution in [0.25, 0.3) is 11.0 Å². The summed E-state index contributed by atoms with van der Waals surface area (Å²) in [6.45, 7) is -4.66. The fraction of sp³-hybridized carbons (Fsp3) is 0.250. The van der Waals surface area contributed by atoms with E-state index in [9.17, 15) is 13.0 Å². The van der Waals surface area contributed by atoms with E-state index in [1.807, 2.05) is 0 Å². The molecule has 7 nitrogen and oxygen atoms in total. The number of pyridine rings is 1. The summed E-state index contributed by atoms with van der Waals surface area (Å²) in [5.41, 5.74) is -6.52. The maximum Gasteiger partial charge on any atom is 0.387 e. The van der Waals surface area contributed by atoms with Crippen LogP contribution in [0, 0.1) is 0 Å². The SMILES string of the molecule is [2H]c1nc(C([2H])([2H])S(=O)c2nc3c([2H])c(OC([2H])(F)F)c([2H])c([2H])c3n2[2H])c(OC([2H])([2H])[2H])c(OC([2H])([2H])[2H])c1[2H]. The topological polar surface area (TPSA) is 86.3 Å². The number of aromatic amines is 1. The predicted molar refractivity (Wildman–Crippen MR) is 90.2 cm³/mol. The molecule has 0 aliphatic rings. The van der Waals surface area contributed by atoms with Crippen LogP contribution in [0.2, 0.25) is 1.41 Å². The van der Waals surface area contributed by atoms with E-state index >= 15 is 0 Å². The quantitative estimate of drug-likeness (QED) is 0.659. The molecule has 0 spiro atoms. The monoisotopic (exact) mass is 398 g/mol. The van der Waals surface area contributed by atoms with E-state index in [-0.39, 0.29) is 4.98 Å². The fourth-order valence-corrected chi connectivity index (χ4v) is 2.43. The molecule has 0 saturated carbocycles. The molecule has 10 heteroatoms. The summed E-state index contributed by atoms with van der Waals surface area (Å²) in [5.74, 6) is -3.92. The highest BCUT2D eigenvalue weighted by Crippen LogP contribution is 2.30. The Kier molecular flexibility index (Phi) is 2.09. The number of halogens is 2. The van der Waals surface area contributed by atoms with Crippen molar-refractivity contribution in [2.75, 3.05) is 14.1 Å². The minimum Gasteiger partial charge on any atom is -0.493 e. The van der Waals surface area contributed by atoms with Gasteiger partial charge in [0.25, 0.3) is 0 Å². The lowest BCUT2D eigenvalue weighted by Gasteiger charge is -2.10. The molecule has 2 heterocycles. The van der Waals surface area contributed by atoms with Crippen LogP contribution < -0.4 is 14.2 Å². The number of methoxy groups -OCH3 is 2. The third kappa shape index (κ3) is 3.74. The summed E-state index contributed by atoms with van der Waals surface area (Å²) in [4.78, 5) is 7.02. The smallest absolute Gasteiger partial charge is 0.387 e. The molecule has 26 heavy (non-hydrogen) atoms. The van der Waals surface area contributed by atoms with Crippen molar-refractivity contribution < 1.29 is 47.8 Å². The molecule has 0 aliphatic carbocycles. The lowest BCUT2D eigenvalue weighted by molar-refractivity contribution is -0.0497. The molecule has 0 amide bonds. The van der Waals surface area contributed by atoms with Gasteiger partial charge in [0.1, 0.15) is 5.75 Å². The van der Waals surface area contributed by atoms with E-state index in [2.05, 4.69) is 24.2 Å². The first-order chi connectivity index (χ1) is 18.4. The summed E-state index contributed by atoms with van der Waals surface area (Å²) in [6, 6.07) is -4.54. The minimum atomic E-state index is -4.66. The van der Waals surface area contributed by atoms with Crippen molar-refractivity contribution in [3.05, 3.63) is 36.0 Å². The van der Waals surface area contributed by atoms with Gasteiger partial charge in [-0.2, -0.15) is 8.78 Å². The van der Waals surface area contributed by atoms with E-state index in [0.717, 1.165) is 0 Å². The van der Waals surface area contributed by atoms with Crippen LogP contribution in [0.1, 0.15) is 24.9 Å². The van der Waals surface area contributed by atoms with Gasteiger partial charge in [-0.1, -0.05) is 0 Å². The van der Waals surface area contributed by atoms with Crippen molar-refractivity contribution in [3.63, 3.8) is 0 Å². The van der Waals surface area contributed by atoms with Gasteiger partial charge in [0, 0.05) is 21.0 Å². The predicted octanol–water partition coefficient (Wildman–Crippen LogP) is 2.88. The summed E-state index contributed by atoms with van der Waals surface area (Å²) in [6.07, 6.45) is -1.17. The Morgan fingerprint density at radius 1 is 1.46 bits per heavy atom. The van der Waals surface area contributed by atoms with Crippen LogP contribution >= 0.6 is 0 Å². The van der Waals surface area contributed by atoms with E-state index in [0.29, 0.717) is 0 Å². The van der Waals surface area contributed by atoms with Gasteiger partial charge in [0.2, 0.25) is 0 Å². The number of nitrogens with one attached hydrogen (secondary N) is 1. The number of rotatable bonds is 7. The Bertz CT molecular complexity index is 1560. The molecule has 0 aliphatic heterocycles. The molecular formula is C16H15F2N3O4S. The van der Waals surface area contributed by atoms with Crippen LogP contribution in [-0.4, -0.2) is 39.8 Å². The number of hydrogen-bond donors (Lipinski definition) is 1. The second-order valence-corrected chi connectivity index (χ2v) is 5.27. The largest absolute Gasteiger partial charge is 0.493 e. The van der Waals surface area contributed by atoms with Gasteiger partial charge in [-0.05, 0) is 12.1 Å². The number of fused-ring (bicyclic) bond motifs is 1. The lowest BCUT2D eigenvalue weighted by atomic mass is 10.3. The molecule has 3 aromatic rings. The Morgan fingerprint density at radius 3 is 3.08 bits per heavy atom. The third-order valence-electron chi connectivity index (χ3n) is 2.66. The second kappa shape index (κ2) is 7.65. The van der Waals surface area contributed by atoms with Gasteiger partial charge in [-0.3, -0.25) is 9.19 Å². The van der Waals surface area contributed by atoms with Crippen molar-refractivity contribution in [2.45, 2.75) is 17.4 Å². The Hall–Kier alpha value is -2.75. The highest BCUT2D eigenvalue weighted by atomic mass is 32.2. The third-order valence-corrected chi connectivity index (χ3v) is 3.56. The fourth-order valence-electron chi connectivity index (χ4n) is 1.68. The molecule has 0 saturated heterocycles. The Labute approximate surface area is 170 Å². The molecule has 1 N–H and O–H groups in total. The molecule has 138 valence electrons. The number of aromatic nitrogens is 3. The molecular weight excluding hydrogens is 368 g/mol. The first-order valence-electron chi connectivity index (χ1n) is 13.7. The molecule has 1 unspecified atom stereocenters. The molecule has 0 bridgehead atoms. The summed E-state index contributed by atoms with van der Waals surface area (Å²) in [5, 5.41) is -1.15. The highest BCUT2D eigenvalue weighted by molar-refractivity contribution is 7.84. The summed E-state index contributed by atoms with van der Waals surface area (Å²) in [7, 11) is -10.2. The molecule has 0 fully saturated rings. The Morgan fingerprint density at radius 2 is 2.31 bits per heavy atom. The van der Waals surface area contributed by atoms with Crippen molar-refractivity contribution in [1.82, 2.24) is 14.9 Å². The zero-order valence-corrected chi connectivity index (χ0v) is 13.0. The van der Waals surface area contributed by atoms with E-state index in [4.69, 9.17) is 20.6 Å². The highest BCUT2D eigenvalue weighted by Gasteiger charge is 2.17. The zero-order valence-electron chi connectivity index (χ0n) is 27.1.